The van der Waals surface area contributed by atoms with Gasteiger partial charge in [-0.3, -0.25) is 4.79 Å². The van der Waals surface area contributed by atoms with Crippen LogP contribution in [0.15, 0.2) is 22.7 Å². The van der Waals surface area contributed by atoms with Crippen molar-refractivity contribution in [2.75, 3.05) is 18.4 Å². The van der Waals surface area contributed by atoms with Gasteiger partial charge in [0.25, 0.3) is 0 Å². The Morgan fingerprint density at radius 2 is 2.15 bits per heavy atom. The monoisotopic (exact) mass is 345 g/mol. The third-order valence-corrected chi connectivity index (χ3v) is 3.99. The van der Waals surface area contributed by atoms with Crippen LogP contribution in [0.4, 0.5) is 10.1 Å². The largest absolute Gasteiger partial charge is 0.362 e. The number of nitrogens with one attached hydrogen (secondary N) is 3. The average molecular weight is 346 g/mol. The van der Waals surface area contributed by atoms with Gasteiger partial charge < -0.3 is 15.8 Å². The molecule has 0 bridgehead atoms. The van der Waals surface area contributed by atoms with Crippen LogP contribution in [0, 0.1) is 11.7 Å². The molecule has 5 nitrogen and oxygen atoms in total. The molecule has 7 heteroatoms. The predicted octanol–water partition coefficient (Wildman–Crippen LogP) is 1.87. The van der Waals surface area contributed by atoms with Crippen molar-refractivity contribution in [1.29, 1.82) is 0 Å². The summed E-state index contributed by atoms with van der Waals surface area (Å²) in [7, 11) is 0. The SMILES string of the molecule is O=C(C1CCNCC1)C(NO)Nc1ccc(F)c(Br)c1. The molecule has 0 radical (unpaired) electrons. The fourth-order valence-electron chi connectivity index (χ4n) is 2.26. The summed E-state index contributed by atoms with van der Waals surface area (Å²) < 4.78 is 13.5. The molecule has 1 aliphatic heterocycles. The van der Waals surface area contributed by atoms with E-state index in [9.17, 15) is 14.4 Å². The first kappa shape index (κ1) is 15.4. The highest BCUT2D eigenvalue weighted by Gasteiger charge is 2.27. The zero-order valence-corrected chi connectivity index (χ0v) is 12.4. The zero-order chi connectivity index (χ0) is 14.5. The number of anilines is 1. The van der Waals surface area contributed by atoms with E-state index in [-0.39, 0.29) is 17.5 Å². The highest BCUT2D eigenvalue weighted by atomic mass is 79.9. The minimum atomic E-state index is -0.893. The quantitative estimate of drug-likeness (QED) is 0.484. The van der Waals surface area contributed by atoms with E-state index in [2.05, 4.69) is 26.6 Å². The highest BCUT2D eigenvalue weighted by molar-refractivity contribution is 9.10. The van der Waals surface area contributed by atoms with Gasteiger partial charge in [0, 0.05) is 11.6 Å². The molecule has 1 unspecified atom stereocenters. The molecule has 20 heavy (non-hydrogen) atoms. The van der Waals surface area contributed by atoms with Gasteiger partial charge in [-0.25, -0.2) is 4.39 Å². The highest BCUT2D eigenvalue weighted by Crippen LogP contribution is 2.21. The van der Waals surface area contributed by atoms with E-state index in [1.807, 2.05) is 5.48 Å². The van der Waals surface area contributed by atoms with Crippen LogP contribution in [-0.2, 0) is 4.79 Å². The fraction of sp³-hybridized carbons (Fsp3) is 0.462. The number of carbonyl (C=O) groups is 1. The second-order valence-corrected chi connectivity index (χ2v) is 5.62. The Hall–Kier alpha value is -1.02. The lowest BCUT2D eigenvalue weighted by molar-refractivity contribution is -0.127. The van der Waals surface area contributed by atoms with E-state index in [0.29, 0.717) is 10.2 Å². The van der Waals surface area contributed by atoms with E-state index in [4.69, 9.17) is 0 Å². The lowest BCUT2D eigenvalue weighted by atomic mass is 9.92. The van der Waals surface area contributed by atoms with Crippen LogP contribution in [0.5, 0.6) is 0 Å². The van der Waals surface area contributed by atoms with Gasteiger partial charge in [0.05, 0.1) is 4.47 Å². The maximum atomic E-state index is 13.2. The molecular weight excluding hydrogens is 329 g/mol. The number of ketones is 1. The molecule has 1 heterocycles. The molecule has 1 saturated heterocycles. The maximum absolute atomic E-state index is 13.2. The number of hydroxylamine groups is 1. The van der Waals surface area contributed by atoms with Crippen molar-refractivity contribution in [2.24, 2.45) is 5.92 Å². The van der Waals surface area contributed by atoms with Gasteiger partial charge in [0.2, 0.25) is 0 Å². The summed E-state index contributed by atoms with van der Waals surface area (Å²) in [6, 6.07) is 4.32. The van der Waals surface area contributed by atoms with Gasteiger partial charge in [-0.15, -0.1) is 0 Å². The molecule has 0 amide bonds. The molecular formula is C13H17BrFN3O2. The number of carbonyl (C=O) groups excluding carboxylic acids is 1. The zero-order valence-electron chi connectivity index (χ0n) is 10.8. The van der Waals surface area contributed by atoms with Crippen LogP contribution in [0.3, 0.4) is 0 Å². The van der Waals surface area contributed by atoms with Gasteiger partial charge in [-0.1, -0.05) is 0 Å². The minimum Gasteiger partial charge on any atom is -0.362 e. The molecule has 0 saturated carbocycles. The van der Waals surface area contributed by atoms with E-state index in [0.717, 1.165) is 25.9 Å². The van der Waals surface area contributed by atoms with Crippen LogP contribution in [0.25, 0.3) is 0 Å². The Bertz CT molecular complexity index is 481. The van der Waals surface area contributed by atoms with Crippen LogP contribution < -0.4 is 16.1 Å². The molecule has 2 rings (SSSR count). The smallest absolute Gasteiger partial charge is 0.174 e. The second kappa shape index (κ2) is 7.12. The fourth-order valence-corrected chi connectivity index (χ4v) is 2.64. The number of Topliss-reactive ketones (excluding diaryl/α,β-unsaturated/α-hetero) is 1. The summed E-state index contributed by atoms with van der Waals surface area (Å²) >= 11 is 3.08. The molecule has 1 atom stereocenters. The first-order valence-electron chi connectivity index (χ1n) is 6.47. The molecule has 1 aromatic rings. The summed E-state index contributed by atoms with van der Waals surface area (Å²) in [4.78, 5) is 12.3. The first-order valence-corrected chi connectivity index (χ1v) is 7.27. The topological polar surface area (TPSA) is 73.4 Å². The molecule has 1 aliphatic rings. The number of hydrogen-bond donors (Lipinski definition) is 4. The van der Waals surface area contributed by atoms with Crippen molar-refractivity contribution >= 4 is 27.4 Å². The number of rotatable bonds is 5. The van der Waals surface area contributed by atoms with Gasteiger partial charge in [0.15, 0.2) is 11.9 Å². The average Bonchev–Trinajstić information content (AvgIpc) is 2.48. The predicted molar refractivity (Wildman–Crippen MR) is 77.0 cm³/mol. The van der Waals surface area contributed by atoms with E-state index < -0.39 is 6.17 Å². The Kier molecular flexibility index (Phi) is 5.47. The molecule has 110 valence electrons. The maximum Gasteiger partial charge on any atom is 0.174 e. The number of halogens is 2. The van der Waals surface area contributed by atoms with Crippen molar-refractivity contribution in [2.45, 2.75) is 19.0 Å². The van der Waals surface area contributed by atoms with E-state index >= 15 is 0 Å². The minimum absolute atomic E-state index is 0.0858. The standard InChI is InChI=1S/C13H17BrFN3O2/c14-10-7-9(1-2-11(10)15)17-13(18-20)12(19)8-3-5-16-6-4-8/h1-2,7-8,13,16-18,20H,3-6H2. The Morgan fingerprint density at radius 1 is 1.45 bits per heavy atom. The normalized spacial score (nSPS) is 17.8. The molecule has 0 aromatic heterocycles. The summed E-state index contributed by atoms with van der Waals surface area (Å²) in [6.07, 6.45) is 0.618. The number of piperidine rings is 1. The van der Waals surface area contributed by atoms with Crippen molar-refractivity contribution in [3.8, 4) is 0 Å². The van der Waals surface area contributed by atoms with Crippen LogP contribution in [-0.4, -0.2) is 30.2 Å². The Morgan fingerprint density at radius 3 is 2.75 bits per heavy atom. The number of hydrogen-bond acceptors (Lipinski definition) is 5. The van der Waals surface area contributed by atoms with Crippen molar-refractivity contribution in [1.82, 2.24) is 10.8 Å². The van der Waals surface area contributed by atoms with Crippen molar-refractivity contribution < 1.29 is 14.4 Å². The summed E-state index contributed by atoms with van der Waals surface area (Å²) in [6.45, 7) is 1.60. The molecule has 0 spiro atoms. The Balaban J connectivity index is 2.03. The van der Waals surface area contributed by atoms with Crippen molar-refractivity contribution in [3.63, 3.8) is 0 Å². The summed E-state index contributed by atoms with van der Waals surface area (Å²) in [5, 5.41) is 15.2. The molecule has 1 aromatic carbocycles. The van der Waals surface area contributed by atoms with Gasteiger partial charge in [0.1, 0.15) is 5.82 Å². The lowest BCUT2D eigenvalue weighted by Gasteiger charge is -2.26. The van der Waals surface area contributed by atoms with E-state index in [1.54, 1.807) is 0 Å². The lowest BCUT2D eigenvalue weighted by Crippen LogP contribution is -2.46. The third-order valence-electron chi connectivity index (χ3n) is 3.39. The third kappa shape index (κ3) is 3.76. The van der Waals surface area contributed by atoms with Crippen LogP contribution in [0.1, 0.15) is 12.8 Å². The van der Waals surface area contributed by atoms with Crippen LogP contribution in [0.2, 0.25) is 0 Å². The summed E-state index contributed by atoms with van der Waals surface area (Å²) in [5.41, 5.74) is 2.54. The summed E-state index contributed by atoms with van der Waals surface area (Å²) in [5.74, 6) is -0.555. The van der Waals surface area contributed by atoms with Gasteiger partial charge in [-0.2, -0.15) is 5.48 Å². The molecule has 1 fully saturated rings. The molecule has 0 aliphatic carbocycles. The van der Waals surface area contributed by atoms with Gasteiger partial charge >= 0.3 is 0 Å². The van der Waals surface area contributed by atoms with Crippen molar-refractivity contribution in [3.05, 3.63) is 28.5 Å². The van der Waals surface area contributed by atoms with Crippen LogP contribution >= 0.6 is 15.9 Å². The first-order chi connectivity index (χ1) is 9.61. The number of benzene rings is 1. The molecule has 4 N–H and O–H groups in total. The van der Waals surface area contributed by atoms with Gasteiger partial charge in [-0.05, 0) is 60.1 Å². The Labute approximate surface area is 125 Å². The second-order valence-electron chi connectivity index (χ2n) is 4.76. The van der Waals surface area contributed by atoms with E-state index in [1.165, 1.54) is 18.2 Å².